The Hall–Kier alpha value is -2.70. The fourth-order valence-electron chi connectivity index (χ4n) is 3.98. The number of nitrogens with zero attached hydrogens (tertiary/aromatic N) is 4. The van der Waals surface area contributed by atoms with Gasteiger partial charge in [-0.3, -0.25) is 9.59 Å². The molecule has 1 aliphatic heterocycles. The monoisotopic (exact) mass is 367 g/mol. The lowest BCUT2D eigenvalue weighted by Crippen LogP contribution is -2.38. The summed E-state index contributed by atoms with van der Waals surface area (Å²) in [5.74, 6) is -0.0270. The van der Waals surface area contributed by atoms with Crippen LogP contribution in [-0.4, -0.2) is 50.8 Å². The maximum absolute atomic E-state index is 12.4. The van der Waals surface area contributed by atoms with E-state index < -0.39 is 0 Å². The van der Waals surface area contributed by atoms with E-state index in [-0.39, 0.29) is 23.9 Å². The van der Waals surface area contributed by atoms with E-state index in [1.54, 1.807) is 6.20 Å². The molecule has 7 heteroatoms. The summed E-state index contributed by atoms with van der Waals surface area (Å²) in [7, 11) is 0. The molecule has 1 aromatic heterocycles. The number of carbonyl (C=O) groups excluding carboxylic acids is 2. The second-order valence-corrected chi connectivity index (χ2v) is 7.43. The topological polar surface area (TPSA) is 80.1 Å². The third kappa shape index (κ3) is 4.02. The summed E-state index contributed by atoms with van der Waals surface area (Å²) < 4.78 is 1.83. The molecule has 0 radical (unpaired) electrons. The first-order valence-corrected chi connectivity index (χ1v) is 9.78. The van der Waals surface area contributed by atoms with Crippen molar-refractivity contribution in [1.82, 2.24) is 25.2 Å². The molecule has 2 amide bonds. The van der Waals surface area contributed by atoms with E-state index >= 15 is 0 Å². The summed E-state index contributed by atoms with van der Waals surface area (Å²) in [5.41, 5.74) is 1.14. The SMILES string of the molecule is O=C(N[C@H]1CC[C@@H](n2cc(C(=O)N3CCCC3)nn2)CC1)c1ccccc1. The first kappa shape index (κ1) is 17.7. The first-order chi connectivity index (χ1) is 13.2. The predicted octanol–water partition coefficient (Wildman–Crippen LogP) is 2.43. The van der Waals surface area contributed by atoms with Gasteiger partial charge in [-0.1, -0.05) is 23.4 Å². The molecule has 0 bridgehead atoms. The van der Waals surface area contributed by atoms with E-state index in [0.717, 1.165) is 51.6 Å². The van der Waals surface area contributed by atoms with Gasteiger partial charge in [0.1, 0.15) is 0 Å². The third-order valence-electron chi connectivity index (χ3n) is 5.56. The smallest absolute Gasteiger partial charge is 0.276 e. The van der Waals surface area contributed by atoms with Crippen LogP contribution in [0.25, 0.3) is 0 Å². The van der Waals surface area contributed by atoms with Gasteiger partial charge in [0.05, 0.1) is 12.2 Å². The molecule has 1 aliphatic carbocycles. The normalized spacial score (nSPS) is 22.6. The second kappa shape index (κ2) is 7.90. The fourth-order valence-corrected chi connectivity index (χ4v) is 3.98. The van der Waals surface area contributed by atoms with Crippen LogP contribution in [0.4, 0.5) is 0 Å². The summed E-state index contributed by atoms with van der Waals surface area (Å²) in [6.07, 6.45) is 7.56. The van der Waals surface area contributed by atoms with Crippen LogP contribution in [0, 0.1) is 0 Å². The van der Waals surface area contributed by atoms with Crippen molar-refractivity contribution in [2.75, 3.05) is 13.1 Å². The highest BCUT2D eigenvalue weighted by atomic mass is 16.2. The molecule has 0 spiro atoms. The molecule has 0 unspecified atom stereocenters. The maximum Gasteiger partial charge on any atom is 0.276 e. The molecule has 2 fully saturated rings. The lowest BCUT2D eigenvalue weighted by molar-refractivity contribution is 0.0786. The number of aromatic nitrogens is 3. The molecule has 4 rings (SSSR count). The van der Waals surface area contributed by atoms with Gasteiger partial charge in [-0.2, -0.15) is 0 Å². The van der Waals surface area contributed by atoms with Gasteiger partial charge >= 0.3 is 0 Å². The van der Waals surface area contributed by atoms with E-state index in [1.165, 1.54) is 0 Å². The predicted molar refractivity (Wildman–Crippen MR) is 100 cm³/mol. The summed E-state index contributed by atoms with van der Waals surface area (Å²) in [5, 5.41) is 11.4. The lowest BCUT2D eigenvalue weighted by Gasteiger charge is -2.29. The Morgan fingerprint density at radius 1 is 1.00 bits per heavy atom. The zero-order chi connectivity index (χ0) is 18.6. The van der Waals surface area contributed by atoms with Gasteiger partial charge < -0.3 is 10.2 Å². The standard InChI is InChI=1S/C20H25N5O2/c26-19(15-6-2-1-3-7-15)21-16-8-10-17(11-9-16)25-14-18(22-23-25)20(27)24-12-4-5-13-24/h1-3,6-7,14,16-17H,4-5,8-13H2,(H,21,26)/t16-,17+. The quantitative estimate of drug-likeness (QED) is 0.900. The van der Waals surface area contributed by atoms with E-state index in [0.29, 0.717) is 11.3 Å². The van der Waals surface area contributed by atoms with Crippen LogP contribution >= 0.6 is 0 Å². The highest BCUT2D eigenvalue weighted by molar-refractivity contribution is 5.94. The van der Waals surface area contributed by atoms with E-state index in [1.807, 2.05) is 39.9 Å². The third-order valence-corrected chi connectivity index (χ3v) is 5.56. The number of likely N-dealkylation sites (tertiary alicyclic amines) is 1. The molecule has 142 valence electrons. The van der Waals surface area contributed by atoms with Crippen molar-refractivity contribution in [3.63, 3.8) is 0 Å². The van der Waals surface area contributed by atoms with Crippen LogP contribution in [0.1, 0.15) is 65.4 Å². The molecule has 7 nitrogen and oxygen atoms in total. The Bertz CT molecular complexity index is 790. The Morgan fingerprint density at radius 2 is 1.70 bits per heavy atom. The largest absolute Gasteiger partial charge is 0.349 e. The number of nitrogens with one attached hydrogen (secondary N) is 1. The van der Waals surface area contributed by atoms with Gasteiger partial charge in [0.15, 0.2) is 5.69 Å². The molecule has 2 aliphatic rings. The Labute approximate surface area is 158 Å². The van der Waals surface area contributed by atoms with Crippen LogP contribution < -0.4 is 5.32 Å². The van der Waals surface area contributed by atoms with Gasteiger partial charge in [-0.05, 0) is 50.7 Å². The average Bonchev–Trinajstić information content (AvgIpc) is 3.41. The number of hydrogen-bond donors (Lipinski definition) is 1. The molecule has 1 N–H and O–H groups in total. The van der Waals surface area contributed by atoms with E-state index in [4.69, 9.17) is 0 Å². The van der Waals surface area contributed by atoms with Gasteiger partial charge in [-0.15, -0.1) is 5.10 Å². The summed E-state index contributed by atoms with van der Waals surface area (Å²) >= 11 is 0. The van der Waals surface area contributed by atoms with Crippen molar-refractivity contribution in [1.29, 1.82) is 0 Å². The molecule has 27 heavy (non-hydrogen) atoms. The van der Waals surface area contributed by atoms with Crippen LogP contribution in [0.2, 0.25) is 0 Å². The highest BCUT2D eigenvalue weighted by Gasteiger charge is 2.27. The van der Waals surface area contributed by atoms with Crippen LogP contribution in [0.3, 0.4) is 0 Å². The number of rotatable bonds is 4. The summed E-state index contributed by atoms with van der Waals surface area (Å²) in [4.78, 5) is 26.6. The molecule has 0 atom stereocenters. The minimum atomic E-state index is -0.0155. The van der Waals surface area contributed by atoms with Crippen molar-refractivity contribution in [2.24, 2.45) is 0 Å². The van der Waals surface area contributed by atoms with Gasteiger partial charge in [-0.25, -0.2) is 4.68 Å². The molecule has 1 saturated heterocycles. The van der Waals surface area contributed by atoms with E-state index in [9.17, 15) is 9.59 Å². The minimum Gasteiger partial charge on any atom is -0.349 e. The van der Waals surface area contributed by atoms with Gasteiger partial charge in [0.2, 0.25) is 0 Å². The zero-order valence-corrected chi connectivity index (χ0v) is 15.4. The zero-order valence-electron chi connectivity index (χ0n) is 15.4. The molecular weight excluding hydrogens is 342 g/mol. The molecule has 1 saturated carbocycles. The van der Waals surface area contributed by atoms with Crippen LogP contribution in [0.5, 0.6) is 0 Å². The van der Waals surface area contributed by atoms with Crippen molar-refractivity contribution in [2.45, 2.75) is 50.6 Å². The lowest BCUT2D eigenvalue weighted by atomic mass is 9.91. The number of amides is 2. The second-order valence-electron chi connectivity index (χ2n) is 7.43. The molecular formula is C20H25N5O2. The molecule has 1 aromatic carbocycles. The Kier molecular flexibility index (Phi) is 5.18. The molecule has 2 aromatic rings. The van der Waals surface area contributed by atoms with Crippen LogP contribution in [0.15, 0.2) is 36.5 Å². The maximum atomic E-state index is 12.4. The number of carbonyl (C=O) groups is 2. The van der Waals surface area contributed by atoms with E-state index in [2.05, 4.69) is 15.6 Å². The highest BCUT2D eigenvalue weighted by Crippen LogP contribution is 2.28. The minimum absolute atomic E-state index is 0.0115. The first-order valence-electron chi connectivity index (χ1n) is 9.78. The Morgan fingerprint density at radius 3 is 2.41 bits per heavy atom. The average molecular weight is 367 g/mol. The van der Waals surface area contributed by atoms with Gasteiger partial charge in [0.25, 0.3) is 11.8 Å². The van der Waals surface area contributed by atoms with Gasteiger partial charge in [0, 0.05) is 24.7 Å². The van der Waals surface area contributed by atoms with Crippen molar-refractivity contribution in [3.8, 4) is 0 Å². The molecule has 2 heterocycles. The Balaban J connectivity index is 1.30. The number of benzene rings is 1. The van der Waals surface area contributed by atoms with Crippen molar-refractivity contribution >= 4 is 11.8 Å². The summed E-state index contributed by atoms with van der Waals surface area (Å²) in [6, 6.07) is 9.73. The van der Waals surface area contributed by atoms with Crippen molar-refractivity contribution in [3.05, 3.63) is 47.8 Å². The van der Waals surface area contributed by atoms with Crippen LogP contribution in [-0.2, 0) is 0 Å². The van der Waals surface area contributed by atoms with Crippen molar-refractivity contribution < 1.29 is 9.59 Å². The summed E-state index contributed by atoms with van der Waals surface area (Å²) in [6.45, 7) is 1.63. The number of hydrogen-bond acceptors (Lipinski definition) is 4. The fraction of sp³-hybridized carbons (Fsp3) is 0.500.